The van der Waals surface area contributed by atoms with Gasteiger partial charge in [-0.3, -0.25) is 18.9 Å². The van der Waals surface area contributed by atoms with E-state index < -0.39 is 38.0 Å². The van der Waals surface area contributed by atoms with Crippen molar-refractivity contribution in [2.75, 3.05) is 13.0 Å². The summed E-state index contributed by atoms with van der Waals surface area (Å²) in [6, 6.07) is 1.06. The van der Waals surface area contributed by atoms with Gasteiger partial charge in [-0.15, -0.1) is 0 Å². The van der Waals surface area contributed by atoms with Crippen LogP contribution in [0.15, 0.2) is 21.9 Å². The Kier molecular flexibility index (Phi) is 4.97. The maximum Gasteiger partial charge on any atom is 0.350 e. The molecule has 0 spiro atoms. The number of rotatable bonds is 6. The van der Waals surface area contributed by atoms with Gasteiger partial charge in [0.05, 0.1) is 13.2 Å². The zero-order chi connectivity index (χ0) is 13.8. The molecule has 10 heteroatoms. The number of H-pyrrole nitrogens is 1. The van der Waals surface area contributed by atoms with Crippen LogP contribution in [0.25, 0.3) is 0 Å². The minimum atomic E-state index is -4.33. The van der Waals surface area contributed by atoms with Gasteiger partial charge in [-0.2, -0.15) is 0 Å². The highest BCUT2D eigenvalue weighted by Crippen LogP contribution is 2.33. The van der Waals surface area contributed by atoms with E-state index in [1.807, 2.05) is 4.98 Å². The second kappa shape index (κ2) is 6.05. The van der Waals surface area contributed by atoms with Crippen molar-refractivity contribution in [1.29, 1.82) is 0 Å². The molecular weight excluding hydrogens is 270 g/mol. The lowest BCUT2D eigenvalue weighted by molar-refractivity contribution is 0.0908. The Labute approximate surface area is 100 Å². The molecule has 0 amide bonds. The lowest BCUT2D eigenvalue weighted by Gasteiger charge is -2.11. The third-order valence-corrected chi connectivity index (χ3v) is 2.37. The number of hydrogen-bond acceptors (Lipinski definition) is 4. The fourth-order valence-electron chi connectivity index (χ4n) is 1.15. The molecule has 1 rings (SSSR count). The van der Waals surface area contributed by atoms with Crippen LogP contribution in [0.5, 0.6) is 0 Å². The molecular formula is C8H12FN2O6P. The standard InChI is InChI=1S/C8H12FN2O6P/c9-6(4-17-5-18(14,15)16)3-11-2-1-7(12)10-8(11)13/h1-2,6H,3-5H2,(H,10,12,13)(H2,14,15,16). The summed E-state index contributed by atoms with van der Waals surface area (Å²) in [7, 11) is -4.33. The minimum Gasteiger partial charge on any atom is -0.366 e. The number of ether oxygens (including phenoxy) is 1. The second-order valence-electron chi connectivity index (χ2n) is 3.52. The molecule has 1 aromatic heterocycles. The van der Waals surface area contributed by atoms with Crippen LogP contribution in [0.2, 0.25) is 0 Å². The van der Waals surface area contributed by atoms with Gasteiger partial charge in [0.25, 0.3) is 5.56 Å². The summed E-state index contributed by atoms with van der Waals surface area (Å²) in [5.74, 6) is 0. The molecule has 3 N–H and O–H groups in total. The van der Waals surface area contributed by atoms with Gasteiger partial charge in [-0.1, -0.05) is 0 Å². The summed E-state index contributed by atoms with van der Waals surface area (Å²) in [6.45, 7) is -0.937. The highest BCUT2D eigenvalue weighted by molar-refractivity contribution is 7.51. The molecule has 0 aliphatic heterocycles. The number of halogens is 1. The summed E-state index contributed by atoms with van der Waals surface area (Å²) < 4.78 is 29.1. The first-order chi connectivity index (χ1) is 8.28. The lowest BCUT2D eigenvalue weighted by atomic mass is 10.4. The first-order valence-corrected chi connectivity index (χ1v) is 6.64. The molecule has 102 valence electrons. The smallest absolute Gasteiger partial charge is 0.350 e. The molecule has 1 unspecified atom stereocenters. The Morgan fingerprint density at radius 3 is 2.72 bits per heavy atom. The Hall–Kier alpha value is -1.28. The van der Waals surface area contributed by atoms with E-state index in [1.54, 1.807) is 0 Å². The highest BCUT2D eigenvalue weighted by atomic mass is 31.2. The molecule has 0 aliphatic carbocycles. The van der Waals surface area contributed by atoms with Crippen molar-refractivity contribution in [1.82, 2.24) is 9.55 Å². The third-order valence-electron chi connectivity index (χ3n) is 1.85. The summed E-state index contributed by atoms with van der Waals surface area (Å²) >= 11 is 0. The van der Waals surface area contributed by atoms with Crippen molar-refractivity contribution in [3.63, 3.8) is 0 Å². The SMILES string of the molecule is O=c1ccn(CC(F)COCP(=O)(O)O)c(=O)[nH]1. The summed E-state index contributed by atoms with van der Waals surface area (Å²) in [6.07, 6.45) is -1.38. The highest BCUT2D eigenvalue weighted by Gasteiger charge is 2.15. The molecule has 18 heavy (non-hydrogen) atoms. The van der Waals surface area contributed by atoms with Gasteiger partial charge in [0.2, 0.25) is 0 Å². The van der Waals surface area contributed by atoms with E-state index in [2.05, 4.69) is 4.74 Å². The van der Waals surface area contributed by atoms with Gasteiger partial charge in [-0.05, 0) is 0 Å². The maximum atomic E-state index is 13.3. The Morgan fingerprint density at radius 2 is 2.17 bits per heavy atom. The molecule has 1 heterocycles. The fourth-order valence-corrected chi connectivity index (χ4v) is 1.50. The molecule has 0 aliphatic rings. The van der Waals surface area contributed by atoms with Crippen LogP contribution in [0.3, 0.4) is 0 Å². The molecule has 1 aromatic rings. The molecule has 0 aromatic carbocycles. The van der Waals surface area contributed by atoms with Crippen LogP contribution in [0.1, 0.15) is 0 Å². The van der Waals surface area contributed by atoms with Crippen molar-refractivity contribution in [2.45, 2.75) is 12.7 Å². The van der Waals surface area contributed by atoms with E-state index in [-0.39, 0.29) is 6.54 Å². The van der Waals surface area contributed by atoms with Crippen molar-refractivity contribution >= 4 is 7.60 Å². The van der Waals surface area contributed by atoms with Crippen LogP contribution in [0.4, 0.5) is 4.39 Å². The van der Waals surface area contributed by atoms with Gasteiger partial charge in [0.1, 0.15) is 12.5 Å². The minimum absolute atomic E-state index is 0.378. The van der Waals surface area contributed by atoms with Crippen molar-refractivity contribution < 1.29 is 23.5 Å². The summed E-state index contributed by atoms with van der Waals surface area (Å²) in [4.78, 5) is 40.8. The van der Waals surface area contributed by atoms with E-state index in [0.29, 0.717) is 0 Å². The number of nitrogens with one attached hydrogen (secondary N) is 1. The number of alkyl halides is 1. The van der Waals surface area contributed by atoms with Crippen molar-refractivity contribution in [2.24, 2.45) is 0 Å². The average molecular weight is 282 g/mol. The van der Waals surface area contributed by atoms with Crippen molar-refractivity contribution in [3.8, 4) is 0 Å². The average Bonchev–Trinajstić information content (AvgIpc) is 2.20. The topological polar surface area (TPSA) is 122 Å². The molecule has 1 atom stereocenters. The van der Waals surface area contributed by atoms with Gasteiger partial charge < -0.3 is 14.5 Å². The van der Waals surface area contributed by atoms with E-state index in [1.165, 1.54) is 0 Å². The normalized spacial score (nSPS) is 13.5. The zero-order valence-electron chi connectivity index (χ0n) is 9.15. The maximum absolute atomic E-state index is 13.3. The molecule has 0 fully saturated rings. The molecule has 0 saturated heterocycles. The summed E-state index contributed by atoms with van der Waals surface area (Å²) in [5.41, 5.74) is -1.36. The van der Waals surface area contributed by atoms with E-state index in [9.17, 15) is 18.5 Å². The molecule has 0 bridgehead atoms. The molecule has 0 saturated carbocycles. The van der Waals surface area contributed by atoms with E-state index >= 15 is 0 Å². The van der Waals surface area contributed by atoms with Crippen LogP contribution in [0, 0.1) is 0 Å². The largest absolute Gasteiger partial charge is 0.366 e. The Balaban J connectivity index is 2.50. The second-order valence-corrected chi connectivity index (χ2v) is 5.11. The molecule has 8 nitrogen and oxygen atoms in total. The van der Waals surface area contributed by atoms with Crippen LogP contribution >= 0.6 is 7.60 Å². The number of hydrogen-bond donors (Lipinski definition) is 3. The Morgan fingerprint density at radius 1 is 1.50 bits per heavy atom. The van der Waals surface area contributed by atoms with Crippen molar-refractivity contribution in [3.05, 3.63) is 33.1 Å². The van der Waals surface area contributed by atoms with E-state index in [4.69, 9.17) is 9.79 Å². The predicted octanol–water partition coefficient (Wildman–Crippen LogP) is -0.974. The van der Waals surface area contributed by atoms with E-state index in [0.717, 1.165) is 16.8 Å². The molecule has 0 radical (unpaired) electrons. The number of nitrogens with zero attached hydrogens (tertiary/aromatic N) is 1. The van der Waals surface area contributed by atoms with Gasteiger partial charge in [0, 0.05) is 12.3 Å². The zero-order valence-corrected chi connectivity index (χ0v) is 10.0. The number of aromatic amines is 1. The van der Waals surface area contributed by atoms with Gasteiger partial charge in [0.15, 0.2) is 0 Å². The summed E-state index contributed by atoms with van der Waals surface area (Å²) in [5, 5.41) is 0. The first kappa shape index (κ1) is 14.8. The quantitative estimate of drug-likeness (QED) is 0.577. The number of aromatic nitrogens is 2. The Bertz CT molecular complexity index is 549. The van der Waals surface area contributed by atoms with Crippen LogP contribution in [-0.4, -0.2) is 38.5 Å². The fraction of sp³-hybridized carbons (Fsp3) is 0.500. The lowest BCUT2D eigenvalue weighted by Crippen LogP contribution is -2.32. The predicted molar refractivity (Wildman–Crippen MR) is 59.1 cm³/mol. The third kappa shape index (κ3) is 5.37. The van der Waals surface area contributed by atoms with Gasteiger partial charge in [-0.25, -0.2) is 9.18 Å². The first-order valence-electron chi connectivity index (χ1n) is 4.84. The van der Waals surface area contributed by atoms with Crippen LogP contribution < -0.4 is 11.2 Å². The monoisotopic (exact) mass is 282 g/mol. The van der Waals surface area contributed by atoms with Gasteiger partial charge >= 0.3 is 13.3 Å². The van der Waals surface area contributed by atoms with Crippen LogP contribution in [-0.2, 0) is 15.8 Å².